The maximum Gasteiger partial charge on any atom is 0.248 e. The van der Waals surface area contributed by atoms with Gasteiger partial charge in [0.15, 0.2) is 0 Å². The number of hydrogen-bond donors (Lipinski definition) is 1. The van der Waals surface area contributed by atoms with Crippen molar-refractivity contribution in [2.45, 2.75) is 77.0 Å². The lowest BCUT2D eigenvalue weighted by Gasteiger charge is -2.30. The van der Waals surface area contributed by atoms with Gasteiger partial charge in [0.05, 0.1) is 6.61 Å². The number of aromatic amines is 1. The Labute approximate surface area is 210 Å². The highest BCUT2D eigenvalue weighted by Gasteiger charge is 2.21. The molecule has 0 bridgehead atoms. The molecule has 2 aliphatic rings. The molecular weight excluding hydrogens is 438 g/mol. The average Bonchev–Trinajstić information content (AvgIpc) is 3.36. The second kappa shape index (κ2) is 13.7. The lowest BCUT2D eigenvalue weighted by atomic mass is 9.90. The molecule has 0 atom stereocenters. The molecule has 0 unspecified atom stereocenters. The fourth-order valence-electron chi connectivity index (χ4n) is 5.57. The molecule has 1 saturated carbocycles. The molecule has 2 aromatic rings. The third-order valence-corrected chi connectivity index (χ3v) is 7.69. The van der Waals surface area contributed by atoms with Crippen molar-refractivity contribution in [1.82, 2.24) is 14.8 Å². The van der Waals surface area contributed by atoms with Crippen LogP contribution in [0.15, 0.2) is 35.1 Å². The van der Waals surface area contributed by atoms with E-state index in [0.717, 1.165) is 49.1 Å². The zero-order chi connectivity index (χ0) is 24.3. The number of aromatic nitrogens is 1. The third kappa shape index (κ3) is 8.38. The summed E-state index contributed by atoms with van der Waals surface area (Å²) in [5.74, 6) is 1.79. The van der Waals surface area contributed by atoms with Gasteiger partial charge in [0.25, 0.3) is 0 Å². The average molecular weight is 482 g/mol. The zero-order valence-electron chi connectivity index (χ0n) is 21.3. The number of nitrogens with zero attached hydrogens (tertiary/aromatic N) is 2. The number of ether oxygens (including phenoxy) is 1. The standard InChI is InChI=1S/C29H43N3O3/c33-28-16-13-25-22-26(14-15-27(25)30-28)35-21-9-6-12-29(34)32(20-19-31-17-7-8-18-31)23-24-10-4-2-1-3-5-11-24/h13-16,22,24H,1-12,17-21,23H2,(H,30,33). The van der Waals surface area contributed by atoms with Gasteiger partial charge in [-0.3, -0.25) is 9.59 Å². The lowest BCUT2D eigenvalue weighted by Crippen LogP contribution is -2.40. The number of nitrogens with one attached hydrogen (secondary N) is 1. The predicted molar refractivity (Wildman–Crippen MR) is 142 cm³/mol. The fraction of sp³-hybridized carbons (Fsp3) is 0.655. The zero-order valence-corrected chi connectivity index (χ0v) is 21.3. The van der Waals surface area contributed by atoms with E-state index in [-0.39, 0.29) is 5.56 Å². The number of pyridine rings is 1. The van der Waals surface area contributed by atoms with Gasteiger partial charge in [0, 0.05) is 43.0 Å². The van der Waals surface area contributed by atoms with Gasteiger partial charge in [0.2, 0.25) is 11.5 Å². The molecule has 1 saturated heterocycles. The molecule has 6 nitrogen and oxygen atoms in total. The first-order valence-corrected chi connectivity index (χ1v) is 13.9. The number of amides is 1. The Balaban J connectivity index is 1.22. The van der Waals surface area contributed by atoms with E-state index in [1.165, 1.54) is 76.9 Å². The van der Waals surface area contributed by atoms with Crippen molar-refractivity contribution in [2.75, 3.05) is 39.3 Å². The molecule has 35 heavy (non-hydrogen) atoms. The largest absolute Gasteiger partial charge is 0.494 e. The van der Waals surface area contributed by atoms with Crippen LogP contribution >= 0.6 is 0 Å². The maximum absolute atomic E-state index is 13.2. The summed E-state index contributed by atoms with van der Waals surface area (Å²) < 4.78 is 5.93. The van der Waals surface area contributed by atoms with Crippen molar-refractivity contribution in [2.24, 2.45) is 5.92 Å². The molecular formula is C29H43N3O3. The molecule has 2 fully saturated rings. The summed E-state index contributed by atoms with van der Waals surface area (Å²) in [7, 11) is 0. The molecule has 1 aromatic heterocycles. The minimum Gasteiger partial charge on any atom is -0.494 e. The summed E-state index contributed by atoms with van der Waals surface area (Å²) in [6, 6.07) is 9.06. The van der Waals surface area contributed by atoms with Gasteiger partial charge in [-0.15, -0.1) is 0 Å². The number of carbonyl (C=O) groups excluding carboxylic acids is 1. The van der Waals surface area contributed by atoms with Crippen molar-refractivity contribution in [1.29, 1.82) is 0 Å². The van der Waals surface area contributed by atoms with E-state index in [4.69, 9.17) is 4.74 Å². The van der Waals surface area contributed by atoms with Crippen LogP contribution in [0, 0.1) is 5.92 Å². The van der Waals surface area contributed by atoms with Gasteiger partial charge in [-0.2, -0.15) is 0 Å². The van der Waals surface area contributed by atoms with Crippen LogP contribution in [0.2, 0.25) is 0 Å². The topological polar surface area (TPSA) is 65.6 Å². The predicted octanol–water partition coefficient (Wildman–Crippen LogP) is 5.36. The van der Waals surface area contributed by atoms with Crippen LogP contribution in [0.5, 0.6) is 5.75 Å². The van der Waals surface area contributed by atoms with Gasteiger partial charge in [0.1, 0.15) is 5.75 Å². The first kappa shape index (κ1) is 25.7. The van der Waals surface area contributed by atoms with E-state index in [9.17, 15) is 9.59 Å². The summed E-state index contributed by atoms with van der Waals surface area (Å²) in [6.45, 7) is 5.82. The molecule has 1 amide bonds. The van der Waals surface area contributed by atoms with E-state index in [2.05, 4.69) is 14.8 Å². The number of likely N-dealkylation sites (tertiary alicyclic amines) is 1. The van der Waals surface area contributed by atoms with Crippen LogP contribution in [0.4, 0.5) is 0 Å². The number of carbonyl (C=O) groups is 1. The first-order chi connectivity index (χ1) is 17.2. The highest BCUT2D eigenvalue weighted by atomic mass is 16.5. The highest BCUT2D eigenvalue weighted by molar-refractivity contribution is 5.79. The molecule has 2 heterocycles. The van der Waals surface area contributed by atoms with Crippen molar-refractivity contribution in [3.8, 4) is 5.75 Å². The van der Waals surface area contributed by atoms with Gasteiger partial charge in [-0.25, -0.2) is 0 Å². The number of rotatable bonds is 11. The number of fused-ring (bicyclic) bond motifs is 1. The van der Waals surface area contributed by atoms with Crippen LogP contribution in [0.25, 0.3) is 10.9 Å². The quantitative estimate of drug-likeness (QED) is 0.439. The van der Waals surface area contributed by atoms with E-state index in [0.29, 0.717) is 24.9 Å². The molecule has 192 valence electrons. The minimum atomic E-state index is -0.0974. The summed E-state index contributed by atoms with van der Waals surface area (Å²) in [5.41, 5.74) is 0.716. The van der Waals surface area contributed by atoms with E-state index in [1.54, 1.807) is 0 Å². The van der Waals surface area contributed by atoms with Crippen LogP contribution < -0.4 is 10.3 Å². The Morgan fingerprint density at radius 1 is 0.971 bits per heavy atom. The Bertz CT molecular complexity index is 975. The summed E-state index contributed by atoms with van der Waals surface area (Å²) >= 11 is 0. The SMILES string of the molecule is O=C(CCCCOc1ccc2[nH]c(=O)ccc2c1)N(CCN1CCCC1)CC1CCCCCCC1. The Morgan fingerprint density at radius 3 is 2.54 bits per heavy atom. The number of unbranched alkanes of at least 4 members (excludes halogenated alkanes) is 1. The lowest BCUT2D eigenvalue weighted by molar-refractivity contribution is -0.132. The van der Waals surface area contributed by atoms with Gasteiger partial charge < -0.3 is 19.5 Å². The third-order valence-electron chi connectivity index (χ3n) is 7.69. The van der Waals surface area contributed by atoms with E-state index >= 15 is 0 Å². The first-order valence-electron chi connectivity index (χ1n) is 13.9. The molecule has 4 rings (SSSR count). The van der Waals surface area contributed by atoms with Crippen LogP contribution in [-0.4, -0.2) is 60.0 Å². The van der Waals surface area contributed by atoms with E-state index in [1.807, 2.05) is 24.3 Å². The number of hydrogen-bond acceptors (Lipinski definition) is 4. The molecule has 0 radical (unpaired) electrons. The Morgan fingerprint density at radius 2 is 1.74 bits per heavy atom. The smallest absolute Gasteiger partial charge is 0.248 e. The number of benzene rings is 1. The Kier molecular flexibility index (Phi) is 10.1. The van der Waals surface area contributed by atoms with Gasteiger partial charge in [-0.1, -0.05) is 32.1 Å². The van der Waals surface area contributed by atoms with Gasteiger partial charge >= 0.3 is 0 Å². The molecule has 6 heteroatoms. The van der Waals surface area contributed by atoms with Crippen molar-refractivity contribution >= 4 is 16.8 Å². The highest BCUT2D eigenvalue weighted by Crippen LogP contribution is 2.24. The van der Waals surface area contributed by atoms with Gasteiger partial charge in [-0.05, 0) is 81.8 Å². The number of H-pyrrole nitrogens is 1. The monoisotopic (exact) mass is 481 g/mol. The van der Waals surface area contributed by atoms with Crippen LogP contribution in [-0.2, 0) is 4.79 Å². The second-order valence-electron chi connectivity index (χ2n) is 10.5. The second-order valence-corrected chi connectivity index (χ2v) is 10.5. The normalized spacial score (nSPS) is 17.8. The molecule has 1 N–H and O–H groups in total. The molecule has 1 aliphatic heterocycles. The van der Waals surface area contributed by atoms with Crippen molar-refractivity contribution in [3.63, 3.8) is 0 Å². The molecule has 1 aromatic carbocycles. The van der Waals surface area contributed by atoms with Crippen LogP contribution in [0.3, 0.4) is 0 Å². The fourth-order valence-corrected chi connectivity index (χ4v) is 5.57. The maximum atomic E-state index is 13.2. The van der Waals surface area contributed by atoms with Crippen LogP contribution in [0.1, 0.15) is 77.0 Å². The molecule has 0 spiro atoms. The summed E-state index contributed by atoms with van der Waals surface area (Å²) in [6.07, 6.45) is 14.2. The Hall–Kier alpha value is -2.34. The molecule has 1 aliphatic carbocycles. The minimum absolute atomic E-state index is 0.0974. The summed E-state index contributed by atoms with van der Waals surface area (Å²) in [5, 5.41) is 0.958. The van der Waals surface area contributed by atoms with E-state index < -0.39 is 0 Å². The van der Waals surface area contributed by atoms with Crippen molar-refractivity contribution < 1.29 is 9.53 Å². The van der Waals surface area contributed by atoms with Crippen molar-refractivity contribution in [3.05, 3.63) is 40.7 Å². The summed E-state index contributed by atoms with van der Waals surface area (Å²) in [4.78, 5) is 32.2.